The van der Waals surface area contributed by atoms with Crippen LogP contribution in [0.1, 0.15) is 62.6 Å². The molecule has 2 atom stereocenters. The van der Waals surface area contributed by atoms with Gasteiger partial charge in [0.05, 0.1) is 11.1 Å². The van der Waals surface area contributed by atoms with Gasteiger partial charge in [0.25, 0.3) is 11.8 Å². The van der Waals surface area contributed by atoms with Crippen LogP contribution in [-0.4, -0.2) is 52.6 Å². The van der Waals surface area contributed by atoms with Crippen LogP contribution in [0.2, 0.25) is 0 Å². The van der Waals surface area contributed by atoms with Crippen molar-refractivity contribution in [3.8, 4) is 0 Å². The highest BCUT2D eigenvalue weighted by Crippen LogP contribution is 2.31. The number of benzene rings is 2. The van der Waals surface area contributed by atoms with Crippen molar-refractivity contribution in [2.24, 2.45) is 5.73 Å². The number of nitrogens with zero attached hydrogens (tertiary/aromatic N) is 2. The number of rotatable bonds is 5. The quantitative estimate of drug-likeness (QED) is 0.674. The summed E-state index contributed by atoms with van der Waals surface area (Å²) in [7, 11) is 0. The number of piperidine rings is 1. The average molecular weight is 447 g/mol. The van der Waals surface area contributed by atoms with Gasteiger partial charge < -0.3 is 5.73 Å². The third-order valence-corrected chi connectivity index (χ3v) is 6.87. The van der Waals surface area contributed by atoms with Crippen LogP contribution in [0.15, 0.2) is 42.5 Å². The molecule has 2 unspecified atom stereocenters. The number of hydrogen-bond donors (Lipinski definition) is 2. The fourth-order valence-electron chi connectivity index (χ4n) is 5.05. The Hall–Kier alpha value is -3.36. The zero-order valence-corrected chi connectivity index (χ0v) is 18.3. The first-order valence-corrected chi connectivity index (χ1v) is 11.3. The summed E-state index contributed by atoms with van der Waals surface area (Å²) < 4.78 is 0. The minimum Gasteiger partial charge on any atom is -0.326 e. The maximum Gasteiger partial charge on any atom is 0.262 e. The highest BCUT2D eigenvalue weighted by Gasteiger charge is 2.44. The molecule has 0 aromatic heterocycles. The molecule has 8 nitrogen and oxygen atoms in total. The molecule has 170 valence electrons. The molecule has 3 aliphatic heterocycles. The molecular weight excluding hydrogens is 420 g/mol. The van der Waals surface area contributed by atoms with E-state index in [4.69, 9.17) is 5.73 Å². The number of carbonyl (C=O) groups is 4. The molecule has 4 amide bonds. The topological polar surface area (TPSA) is 113 Å². The highest BCUT2D eigenvalue weighted by molar-refractivity contribution is 6.23. The van der Waals surface area contributed by atoms with Gasteiger partial charge in [0, 0.05) is 26.1 Å². The number of likely N-dealkylation sites (tertiary alicyclic amines) is 1. The zero-order chi connectivity index (χ0) is 23.1. The van der Waals surface area contributed by atoms with E-state index in [-0.39, 0.29) is 18.7 Å². The molecule has 0 radical (unpaired) electrons. The summed E-state index contributed by atoms with van der Waals surface area (Å²) in [6, 6.07) is 12.8. The lowest BCUT2D eigenvalue weighted by Crippen LogP contribution is -2.54. The maximum atomic E-state index is 13.0. The Morgan fingerprint density at radius 1 is 0.909 bits per heavy atom. The molecule has 5 rings (SSSR count). The van der Waals surface area contributed by atoms with Crippen molar-refractivity contribution in [3.05, 3.63) is 70.3 Å². The molecule has 0 spiro atoms. The van der Waals surface area contributed by atoms with Crippen molar-refractivity contribution < 1.29 is 19.2 Å². The van der Waals surface area contributed by atoms with E-state index in [0.717, 1.165) is 35.5 Å². The normalized spacial score (nSPS) is 23.2. The van der Waals surface area contributed by atoms with Crippen molar-refractivity contribution >= 4 is 23.6 Å². The summed E-state index contributed by atoms with van der Waals surface area (Å²) in [6.45, 7) is 3.10. The number of hydrogen-bond acceptors (Lipinski definition) is 6. The van der Waals surface area contributed by atoms with Gasteiger partial charge >= 0.3 is 0 Å². The van der Waals surface area contributed by atoms with E-state index in [1.165, 1.54) is 5.56 Å². The fourth-order valence-corrected chi connectivity index (χ4v) is 5.05. The molecule has 2 fully saturated rings. The molecule has 2 aromatic rings. The first-order valence-electron chi connectivity index (χ1n) is 11.3. The van der Waals surface area contributed by atoms with E-state index in [2.05, 4.69) is 34.5 Å². The lowest BCUT2D eigenvalue weighted by molar-refractivity contribution is -0.136. The predicted molar refractivity (Wildman–Crippen MR) is 120 cm³/mol. The Kier molecular flexibility index (Phi) is 5.55. The molecular formula is C25H26N4O4. The first-order chi connectivity index (χ1) is 15.9. The lowest BCUT2D eigenvalue weighted by atomic mass is 9.97. The molecule has 0 aliphatic carbocycles. The minimum atomic E-state index is -0.941. The van der Waals surface area contributed by atoms with E-state index in [1.54, 1.807) is 12.1 Å². The van der Waals surface area contributed by atoms with Crippen LogP contribution >= 0.6 is 0 Å². The van der Waals surface area contributed by atoms with Crippen molar-refractivity contribution in [3.63, 3.8) is 0 Å². The van der Waals surface area contributed by atoms with Crippen molar-refractivity contribution in [2.75, 3.05) is 13.1 Å². The van der Waals surface area contributed by atoms with Crippen LogP contribution in [0.3, 0.4) is 0 Å². The van der Waals surface area contributed by atoms with Crippen LogP contribution in [-0.2, 0) is 22.7 Å². The Labute approximate surface area is 191 Å². The van der Waals surface area contributed by atoms with Gasteiger partial charge in [-0.2, -0.15) is 0 Å². The summed E-state index contributed by atoms with van der Waals surface area (Å²) in [5, 5.41) is 2.22. The largest absolute Gasteiger partial charge is 0.326 e. The fraction of sp³-hybridized carbons (Fsp3) is 0.360. The molecule has 3 aliphatic rings. The van der Waals surface area contributed by atoms with Crippen LogP contribution in [0.5, 0.6) is 0 Å². The summed E-state index contributed by atoms with van der Waals surface area (Å²) in [6.07, 6.45) is 1.33. The minimum absolute atomic E-state index is 0.111. The molecule has 33 heavy (non-hydrogen) atoms. The molecule has 0 saturated carbocycles. The molecule has 8 heteroatoms. The molecule has 2 saturated heterocycles. The van der Waals surface area contributed by atoms with Gasteiger partial charge in [-0.3, -0.25) is 34.3 Å². The van der Waals surface area contributed by atoms with E-state index < -0.39 is 23.8 Å². The number of fused-ring (bicyclic) bond motifs is 1. The van der Waals surface area contributed by atoms with Gasteiger partial charge in [-0.15, -0.1) is 0 Å². The third-order valence-electron chi connectivity index (χ3n) is 6.87. The van der Waals surface area contributed by atoms with Gasteiger partial charge in [0.2, 0.25) is 11.8 Å². The van der Waals surface area contributed by atoms with Crippen LogP contribution in [0, 0.1) is 0 Å². The maximum absolute atomic E-state index is 13.0. The number of amides is 4. The Morgan fingerprint density at radius 3 is 2.36 bits per heavy atom. The smallest absolute Gasteiger partial charge is 0.262 e. The Balaban J connectivity index is 1.28. The second-order valence-electron chi connectivity index (χ2n) is 8.99. The summed E-state index contributed by atoms with van der Waals surface area (Å²) in [4.78, 5) is 52.9. The van der Waals surface area contributed by atoms with Crippen molar-refractivity contribution in [1.82, 2.24) is 15.1 Å². The molecule has 0 bridgehead atoms. The van der Waals surface area contributed by atoms with Crippen LogP contribution in [0.4, 0.5) is 0 Å². The average Bonchev–Trinajstić information content (AvgIpc) is 3.37. The second-order valence-corrected chi connectivity index (χ2v) is 8.99. The Bertz CT molecular complexity index is 1140. The number of imide groups is 2. The van der Waals surface area contributed by atoms with Gasteiger partial charge in [0.15, 0.2) is 0 Å². The van der Waals surface area contributed by atoms with Crippen molar-refractivity contribution in [1.29, 1.82) is 0 Å². The third kappa shape index (κ3) is 3.96. The molecule has 3 heterocycles. The summed E-state index contributed by atoms with van der Waals surface area (Å²) >= 11 is 0. The van der Waals surface area contributed by atoms with Gasteiger partial charge in [-0.05, 0) is 54.1 Å². The van der Waals surface area contributed by atoms with E-state index in [1.807, 2.05) is 6.07 Å². The SMILES string of the molecule is NCc1ccc(C2CCN(Cc3ccc4c(c3)C(=O)N(C3CCC(=O)NC3=O)C4=O)C2)cc1. The highest BCUT2D eigenvalue weighted by atomic mass is 16.2. The number of nitrogens with one attached hydrogen (secondary N) is 1. The van der Waals surface area contributed by atoms with Gasteiger partial charge in [-0.25, -0.2) is 0 Å². The van der Waals surface area contributed by atoms with Crippen molar-refractivity contribution in [2.45, 2.75) is 44.3 Å². The summed E-state index contributed by atoms with van der Waals surface area (Å²) in [5.74, 6) is -1.46. The number of carbonyl (C=O) groups excluding carboxylic acids is 4. The number of nitrogens with two attached hydrogens (primary N) is 1. The first kappa shape index (κ1) is 21.5. The zero-order valence-electron chi connectivity index (χ0n) is 18.3. The van der Waals surface area contributed by atoms with Crippen LogP contribution in [0.25, 0.3) is 0 Å². The van der Waals surface area contributed by atoms with E-state index in [0.29, 0.717) is 30.1 Å². The van der Waals surface area contributed by atoms with Gasteiger partial charge in [0.1, 0.15) is 6.04 Å². The monoisotopic (exact) mass is 446 g/mol. The van der Waals surface area contributed by atoms with E-state index >= 15 is 0 Å². The lowest BCUT2D eigenvalue weighted by Gasteiger charge is -2.27. The molecule has 3 N–H and O–H groups in total. The predicted octanol–water partition coefficient (Wildman–Crippen LogP) is 1.54. The Morgan fingerprint density at radius 2 is 1.64 bits per heavy atom. The van der Waals surface area contributed by atoms with E-state index in [9.17, 15) is 19.2 Å². The van der Waals surface area contributed by atoms with Crippen LogP contribution < -0.4 is 11.1 Å². The second kappa shape index (κ2) is 8.53. The molecule has 2 aromatic carbocycles. The van der Waals surface area contributed by atoms with Gasteiger partial charge in [-0.1, -0.05) is 30.3 Å². The summed E-state index contributed by atoms with van der Waals surface area (Å²) in [5.41, 5.74) is 9.72. The standard InChI is InChI=1S/C25H26N4O4/c26-12-15-1-4-17(5-2-15)18-9-10-28(14-18)13-16-3-6-19-20(11-16)25(33)29(24(19)32)21-7-8-22(30)27-23(21)31/h1-6,11,18,21H,7-10,12-14,26H2,(H,27,30,31).